The number of amides is 2. The lowest BCUT2D eigenvalue weighted by Gasteiger charge is -2.25. The molecule has 1 rings (SSSR count). The van der Waals surface area contributed by atoms with Crippen LogP contribution in [-0.2, 0) is 19.1 Å². The third-order valence-corrected chi connectivity index (χ3v) is 3.11. The van der Waals surface area contributed by atoms with E-state index in [1.54, 1.807) is 6.08 Å². The molecule has 0 heterocycles. The summed E-state index contributed by atoms with van der Waals surface area (Å²) in [5, 5.41) is 5.07. The van der Waals surface area contributed by atoms with Crippen molar-refractivity contribution in [3.8, 4) is 0 Å². The van der Waals surface area contributed by atoms with Gasteiger partial charge in [0, 0.05) is 6.08 Å². The highest BCUT2D eigenvalue weighted by Crippen LogP contribution is 2.05. The lowest BCUT2D eigenvalue weighted by Crippen LogP contribution is -2.55. The van der Waals surface area contributed by atoms with Gasteiger partial charge in [0.15, 0.2) is 0 Å². The number of esters is 1. The van der Waals surface area contributed by atoms with E-state index < -0.39 is 29.4 Å². The summed E-state index contributed by atoms with van der Waals surface area (Å²) in [6.07, 6.45) is 3.00. The molecular formula is C17H22N2O4. The van der Waals surface area contributed by atoms with Crippen LogP contribution in [0.2, 0.25) is 0 Å². The van der Waals surface area contributed by atoms with Crippen LogP contribution in [0.1, 0.15) is 26.3 Å². The fraction of sp³-hybridized carbons (Fsp3) is 0.353. The fourth-order valence-electron chi connectivity index (χ4n) is 1.79. The Morgan fingerprint density at radius 1 is 1.17 bits per heavy atom. The highest BCUT2D eigenvalue weighted by molar-refractivity contribution is 5.96. The maximum absolute atomic E-state index is 12.0. The van der Waals surface area contributed by atoms with Gasteiger partial charge in [0.25, 0.3) is 0 Å². The molecule has 0 spiro atoms. The van der Waals surface area contributed by atoms with Crippen molar-refractivity contribution in [2.75, 3.05) is 7.11 Å². The second-order valence-electron chi connectivity index (χ2n) is 5.58. The molecule has 0 aliphatic rings. The number of nitrogens with one attached hydrogen (secondary N) is 2. The predicted molar refractivity (Wildman–Crippen MR) is 87.3 cm³/mol. The Hall–Kier alpha value is -2.63. The van der Waals surface area contributed by atoms with E-state index in [1.165, 1.54) is 34.0 Å². The quantitative estimate of drug-likeness (QED) is 0.611. The molecule has 0 fully saturated rings. The van der Waals surface area contributed by atoms with Crippen LogP contribution in [0.4, 0.5) is 0 Å². The molecule has 6 heteroatoms. The van der Waals surface area contributed by atoms with Crippen molar-refractivity contribution in [3.63, 3.8) is 0 Å². The summed E-state index contributed by atoms with van der Waals surface area (Å²) < 4.78 is 4.61. The number of carbonyl (C=O) groups excluding carboxylic acids is 3. The average molecular weight is 318 g/mol. The lowest BCUT2D eigenvalue weighted by molar-refractivity contribution is -0.149. The van der Waals surface area contributed by atoms with Gasteiger partial charge in [-0.05, 0) is 32.4 Å². The predicted octanol–water partition coefficient (Wildman–Crippen LogP) is 1.27. The summed E-state index contributed by atoms with van der Waals surface area (Å²) in [6, 6.07) is 8.54. The minimum Gasteiger partial charge on any atom is -0.467 e. The minimum absolute atomic E-state index is 0.396. The molecule has 0 aliphatic heterocycles. The third kappa shape index (κ3) is 5.94. The molecule has 2 amide bonds. The zero-order valence-electron chi connectivity index (χ0n) is 13.8. The van der Waals surface area contributed by atoms with Gasteiger partial charge in [0.1, 0.15) is 11.6 Å². The van der Waals surface area contributed by atoms with Crippen LogP contribution < -0.4 is 10.6 Å². The number of methoxy groups -OCH3 is 1. The van der Waals surface area contributed by atoms with Crippen LogP contribution in [0.15, 0.2) is 36.4 Å². The molecule has 1 atom stereocenters. The highest BCUT2D eigenvalue weighted by Gasteiger charge is 2.32. The summed E-state index contributed by atoms with van der Waals surface area (Å²) in [5.74, 6) is -1.43. The van der Waals surface area contributed by atoms with E-state index in [9.17, 15) is 14.4 Å². The van der Waals surface area contributed by atoms with Crippen molar-refractivity contribution in [1.29, 1.82) is 0 Å². The average Bonchev–Trinajstić information content (AvgIpc) is 2.52. The summed E-state index contributed by atoms with van der Waals surface area (Å²) in [5.41, 5.74) is -0.281. The van der Waals surface area contributed by atoms with E-state index in [0.29, 0.717) is 0 Å². The van der Waals surface area contributed by atoms with E-state index in [0.717, 1.165) is 5.56 Å². The van der Waals surface area contributed by atoms with Gasteiger partial charge in [0.05, 0.1) is 7.11 Å². The third-order valence-electron chi connectivity index (χ3n) is 3.11. The van der Waals surface area contributed by atoms with Gasteiger partial charge in [-0.15, -0.1) is 0 Å². The second kappa shape index (κ2) is 8.12. The van der Waals surface area contributed by atoms with Gasteiger partial charge < -0.3 is 15.4 Å². The van der Waals surface area contributed by atoms with E-state index in [4.69, 9.17) is 0 Å². The molecule has 0 radical (unpaired) electrons. The van der Waals surface area contributed by atoms with Crippen molar-refractivity contribution in [2.24, 2.45) is 0 Å². The Labute approximate surface area is 135 Å². The zero-order chi connectivity index (χ0) is 17.5. The summed E-state index contributed by atoms with van der Waals surface area (Å²) >= 11 is 0. The Morgan fingerprint density at radius 2 is 1.78 bits per heavy atom. The first-order valence-corrected chi connectivity index (χ1v) is 7.20. The number of carbonyl (C=O) groups is 3. The van der Waals surface area contributed by atoms with Crippen LogP contribution in [0.5, 0.6) is 0 Å². The maximum atomic E-state index is 12.0. The molecule has 0 bridgehead atoms. The summed E-state index contributed by atoms with van der Waals surface area (Å²) in [7, 11) is 1.25. The van der Waals surface area contributed by atoms with Gasteiger partial charge in [-0.1, -0.05) is 30.3 Å². The first-order valence-electron chi connectivity index (χ1n) is 7.20. The zero-order valence-corrected chi connectivity index (χ0v) is 13.8. The van der Waals surface area contributed by atoms with Gasteiger partial charge in [-0.25, -0.2) is 4.79 Å². The van der Waals surface area contributed by atoms with Gasteiger partial charge in [-0.2, -0.15) is 0 Å². The molecule has 0 aliphatic carbocycles. The first-order chi connectivity index (χ1) is 10.8. The highest BCUT2D eigenvalue weighted by atomic mass is 16.5. The lowest BCUT2D eigenvalue weighted by atomic mass is 10.1. The van der Waals surface area contributed by atoms with Crippen molar-refractivity contribution < 1.29 is 19.1 Å². The molecule has 0 unspecified atom stereocenters. The molecule has 1 aromatic carbocycles. The minimum atomic E-state index is -1.16. The number of hydrogen-bond donors (Lipinski definition) is 2. The number of benzene rings is 1. The molecule has 6 nitrogen and oxygen atoms in total. The Morgan fingerprint density at radius 3 is 2.35 bits per heavy atom. The monoisotopic (exact) mass is 318 g/mol. The SMILES string of the molecule is COC(=O)C(C)(C)NC(=O)[C@H](C)NC(=O)/C=C\c1ccccc1. The van der Waals surface area contributed by atoms with Crippen LogP contribution in [0, 0.1) is 0 Å². The van der Waals surface area contributed by atoms with Gasteiger partial charge >= 0.3 is 5.97 Å². The molecular weight excluding hydrogens is 296 g/mol. The van der Waals surface area contributed by atoms with E-state index in [1.807, 2.05) is 30.3 Å². The van der Waals surface area contributed by atoms with E-state index in [-0.39, 0.29) is 0 Å². The first kappa shape index (κ1) is 18.4. The number of ether oxygens (including phenoxy) is 1. The van der Waals surface area contributed by atoms with Crippen LogP contribution in [-0.4, -0.2) is 36.5 Å². The van der Waals surface area contributed by atoms with Crippen LogP contribution in [0.3, 0.4) is 0 Å². The van der Waals surface area contributed by atoms with Crippen molar-refractivity contribution in [3.05, 3.63) is 42.0 Å². The topological polar surface area (TPSA) is 84.5 Å². The van der Waals surface area contributed by atoms with Crippen LogP contribution in [0.25, 0.3) is 6.08 Å². The second-order valence-corrected chi connectivity index (χ2v) is 5.58. The molecule has 0 saturated carbocycles. The largest absolute Gasteiger partial charge is 0.467 e. The van der Waals surface area contributed by atoms with E-state index in [2.05, 4.69) is 15.4 Å². The molecule has 23 heavy (non-hydrogen) atoms. The standard InChI is InChI=1S/C17H22N2O4/c1-12(15(21)19-17(2,3)16(22)23-4)18-14(20)11-10-13-8-6-5-7-9-13/h5-12H,1-4H3,(H,18,20)(H,19,21)/b11-10-/t12-/m0/s1. The maximum Gasteiger partial charge on any atom is 0.330 e. The molecule has 124 valence electrons. The Kier molecular flexibility index (Phi) is 6.50. The van der Waals surface area contributed by atoms with E-state index >= 15 is 0 Å². The van der Waals surface area contributed by atoms with Crippen molar-refractivity contribution in [2.45, 2.75) is 32.4 Å². The van der Waals surface area contributed by atoms with Crippen molar-refractivity contribution in [1.82, 2.24) is 10.6 Å². The Bertz CT molecular complexity index is 594. The summed E-state index contributed by atoms with van der Waals surface area (Å²) in [4.78, 5) is 35.4. The molecule has 2 N–H and O–H groups in total. The normalized spacial score (nSPS) is 12.5. The molecule has 0 aromatic heterocycles. The molecule has 1 aromatic rings. The van der Waals surface area contributed by atoms with Crippen LogP contribution >= 0.6 is 0 Å². The fourth-order valence-corrected chi connectivity index (χ4v) is 1.79. The smallest absolute Gasteiger partial charge is 0.330 e. The van der Waals surface area contributed by atoms with Gasteiger partial charge in [0.2, 0.25) is 11.8 Å². The van der Waals surface area contributed by atoms with Gasteiger partial charge in [-0.3, -0.25) is 9.59 Å². The summed E-state index contributed by atoms with van der Waals surface area (Å²) in [6.45, 7) is 4.60. The number of hydrogen-bond acceptors (Lipinski definition) is 4. The number of rotatable bonds is 6. The molecule has 0 saturated heterocycles. The Balaban J connectivity index is 2.56. The van der Waals surface area contributed by atoms with Crippen molar-refractivity contribution >= 4 is 23.9 Å².